The van der Waals surface area contributed by atoms with E-state index >= 15 is 0 Å². The Hall–Kier alpha value is -2.34. The zero-order valence-corrected chi connectivity index (χ0v) is 22.3. The summed E-state index contributed by atoms with van der Waals surface area (Å²) in [5.74, 6) is -1.91. The minimum atomic E-state index is -5.01. The maximum absolute atomic E-state index is 12.8. The van der Waals surface area contributed by atoms with Gasteiger partial charge in [0.2, 0.25) is 0 Å². The molecule has 0 aliphatic carbocycles. The molecule has 0 heterocycles. The number of hydrogen-bond acceptors (Lipinski definition) is 4. The molecule has 0 spiro atoms. The predicted octanol–water partition coefficient (Wildman–Crippen LogP) is 7.29. The van der Waals surface area contributed by atoms with E-state index < -0.39 is 71.1 Å². The number of benzene rings is 2. The monoisotopic (exact) mass is 666 g/mol. The van der Waals surface area contributed by atoms with Crippen LogP contribution in [0.3, 0.4) is 0 Å². The Labute approximate surface area is 228 Å². The summed E-state index contributed by atoms with van der Waals surface area (Å²) in [4.78, 5) is 0. The van der Waals surface area contributed by atoms with Gasteiger partial charge in [0.25, 0.3) is 0 Å². The molecule has 0 aliphatic rings. The van der Waals surface area contributed by atoms with E-state index in [0.717, 1.165) is 12.1 Å². The summed E-state index contributed by atoms with van der Waals surface area (Å²) < 4.78 is 162. The maximum Gasteiger partial charge on any atom is 0.488 e. The molecule has 2 rings (SSSR count). The first kappa shape index (κ1) is 35.7. The van der Waals surface area contributed by atoms with E-state index in [4.69, 9.17) is 10.0 Å². The number of rotatable bonds is 5. The van der Waals surface area contributed by atoms with Gasteiger partial charge in [-0.15, -0.1) is 0 Å². The fraction of sp³-hybridized carbons (Fsp3) is 0.455. The van der Waals surface area contributed by atoms with Crippen molar-refractivity contribution in [3.05, 3.63) is 52.0 Å². The fourth-order valence-electron chi connectivity index (χ4n) is 2.50. The SMILES string of the molecule is CC(C)(Oc1ccc(B(O)O)cc1C(F)(F)F)C(F)(F)F.CC(C)(Oc1ccc(Br)cc1C(F)(F)F)C(F)(F)F. The Morgan fingerprint density at radius 2 is 0.950 bits per heavy atom. The first-order chi connectivity index (χ1) is 17.6. The lowest BCUT2D eigenvalue weighted by Crippen LogP contribution is -2.45. The predicted molar refractivity (Wildman–Crippen MR) is 122 cm³/mol. The van der Waals surface area contributed by atoms with Crippen molar-refractivity contribution in [1.82, 2.24) is 0 Å². The van der Waals surface area contributed by atoms with Crippen molar-refractivity contribution < 1.29 is 72.2 Å². The third kappa shape index (κ3) is 9.36. The van der Waals surface area contributed by atoms with Gasteiger partial charge in [0.05, 0.1) is 11.1 Å². The van der Waals surface area contributed by atoms with E-state index in [1.165, 1.54) is 6.07 Å². The summed E-state index contributed by atoms with van der Waals surface area (Å²) in [7, 11) is -2.18. The Balaban J connectivity index is 0.000000402. The van der Waals surface area contributed by atoms with E-state index in [1.807, 2.05) is 0 Å². The second kappa shape index (κ2) is 11.9. The normalized spacial score (nSPS) is 13.4. The molecular weight excluding hydrogens is 647 g/mol. The van der Waals surface area contributed by atoms with Gasteiger partial charge in [0.15, 0.2) is 11.2 Å². The number of alkyl halides is 12. The van der Waals surface area contributed by atoms with E-state index in [0.29, 0.717) is 45.9 Å². The number of hydrogen-bond donors (Lipinski definition) is 2. The van der Waals surface area contributed by atoms with Gasteiger partial charge < -0.3 is 19.5 Å². The zero-order chi connectivity index (χ0) is 31.7. The summed E-state index contributed by atoms with van der Waals surface area (Å²) in [6, 6.07) is 4.47. The summed E-state index contributed by atoms with van der Waals surface area (Å²) in [5, 5.41) is 17.7. The van der Waals surface area contributed by atoms with Gasteiger partial charge in [-0.3, -0.25) is 0 Å². The molecule has 0 aliphatic heterocycles. The minimum absolute atomic E-state index is 0.0944. The van der Waals surface area contributed by atoms with Crippen LogP contribution in [-0.2, 0) is 12.4 Å². The summed E-state index contributed by atoms with van der Waals surface area (Å²) >= 11 is 2.83. The molecule has 0 bridgehead atoms. The topological polar surface area (TPSA) is 58.9 Å². The molecule has 0 unspecified atom stereocenters. The molecule has 0 atom stereocenters. The molecule has 2 aromatic rings. The highest BCUT2D eigenvalue weighted by Crippen LogP contribution is 2.42. The smallest absolute Gasteiger partial charge is 0.478 e. The van der Waals surface area contributed by atoms with Crippen LogP contribution in [0.5, 0.6) is 11.5 Å². The largest absolute Gasteiger partial charge is 0.488 e. The van der Waals surface area contributed by atoms with E-state index in [-0.39, 0.29) is 4.47 Å². The maximum atomic E-state index is 12.8. The van der Waals surface area contributed by atoms with E-state index in [2.05, 4.69) is 25.4 Å². The highest BCUT2D eigenvalue weighted by atomic mass is 79.9. The molecule has 0 fully saturated rings. The Kier molecular flexibility index (Phi) is 10.6. The highest BCUT2D eigenvalue weighted by Gasteiger charge is 2.52. The van der Waals surface area contributed by atoms with Crippen LogP contribution < -0.4 is 14.9 Å². The molecular formula is C22H20BBrF12O4. The van der Waals surface area contributed by atoms with E-state index in [9.17, 15) is 52.7 Å². The van der Waals surface area contributed by atoms with Crippen molar-refractivity contribution in [3.8, 4) is 11.5 Å². The molecule has 0 radical (unpaired) electrons. The second-order valence-corrected chi connectivity index (χ2v) is 9.90. The minimum Gasteiger partial charge on any atom is -0.478 e. The van der Waals surface area contributed by atoms with Gasteiger partial charge in [-0.1, -0.05) is 22.0 Å². The molecule has 0 saturated heterocycles. The molecule has 18 heteroatoms. The van der Waals surface area contributed by atoms with Crippen LogP contribution in [-0.4, -0.2) is 40.7 Å². The molecule has 2 N–H and O–H groups in total. The van der Waals surface area contributed by atoms with Gasteiger partial charge in [0.1, 0.15) is 11.5 Å². The standard InChI is InChI=1S/C11H11BF6O3.C11H9BrF6O/c1-9(2,11(16,17)18)21-8-4-3-6(12(19)20)5-7(8)10(13,14)15;1-9(2,11(16,17)18)19-8-4-3-6(12)5-7(8)10(13,14)15/h3-5,19-20H,1-2H3;3-5H,1-2H3. The molecule has 226 valence electrons. The fourth-order valence-corrected chi connectivity index (χ4v) is 2.86. The van der Waals surface area contributed by atoms with Crippen molar-refractivity contribution in [3.63, 3.8) is 0 Å². The Morgan fingerprint density at radius 1 is 0.600 bits per heavy atom. The third-order valence-electron chi connectivity index (χ3n) is 4.95. The zero-order valence-electron chi connectivity index (χ0n) is 20.7. The molecule has 2 aromatic carbocycles. The average molecular weight is 667 g/mol. The Morgan fingerprint density at radius 3 is 1.27 bits per heavy atom. The first-order valence-electron chi connectivity index (χ1n) is 10.6. The van der Waals surface area contributed by atoms with Gasteiger partial charge in [-0.2, -0.15) is 52.7 Å². The van der Waals surface area contributed by atoms with Crippen LogP contribution in [0, 0.1) is 0 Å². The first-order valence-corrected chi connectivity index (χ1v) is 11.3. The van der Waals surface area contributed by atoms with Crippen molar-refractivity contribution in [2.45, 2.75) is 63.6 Å². The van der Waals surface area contributed by atoms with Crippen LogP contribution in [0.2, 0.25) is 0 Å². The van der Waals surface area contributed by atoms with Crippen molar-refractivity contribution >= 4 is 28.5 Å². The Bertz CT molecular complexity index is 1160. The number of ether oxygens (including phenoxy) is 2. The van der Waals surface area contributed by atoms with Crippen LogP contribution in [0.1, 0.15) is 38.8 Å². The summed E-state index contributed by atoms with van der Waals surface area (Å²) in [5.41, 5.74) is -8.86. The van der Waals surface area contributed by atoms with Gasteiger partial charge in [-0.05, 0) is 63.5 Å². The van der Waals surface area contributed by atoms with Crippen LogP contribution in [0.4, 0.5) is 52.7 Å². The van der Waals surface area contributed by atoms with E-state index in [1.54, 1.807) is 0 Å². The molecule has 40 heavy (non-hydrogen) atoms. The van der Waals surface area contributed by atoms with Gasteiger partial charge >= 0.3 is 31.8 Å². The third-order valence-corrected chi connectivity index (χ3v) is 5.44. The lowest BCUT2D eigenvalue weighted by Gasteiger charge is -2.30. The molecule has 0 saturated carbocycles. The molecule has 4 nitrogen and oxygen atoms in total. The average Bonchev–Trinajstić information content (AvgIpc) is 2.72. The lowest BCUT2D eigenvalue weighted by atomic mass is 9.79. The van der Waals surface area contributed by atoms with Crippen molar-refractivity contribution in [2.75, 3.05) is 0 Å². The second-order valence-electron chi connectivity index (χ2n) is 8.99. The quantitative estimate of drug-likeness (QED) is 0.260. The molecule has 0 amide bonds. The highest BCUT2D eigenvalue weighted by molar-refractivity contribution is 9.10. The van der Waals surface area contributed by atoms with Crippen LogP contribution in [0.25, 0.3) is 0 Å². The lowest BCUT2D eigenvalue weighted by molar-refractivity contribution is -0.236. The van der Waals surface area contributed by atoms with Gasteiger partial charge in [-0.25, -0.2) is 0 Å². The molecule has 0 aromatic heterocycles. The van der Waals surface area contributed by atoms with Crippen molar-refractivity contribution in [1.29, 1.82) is 0 Å². The summed E-state index contributed by atoms with van der Waals surface area (Å²) in [6.45, 7) is 2.49. The van der Waals surface area contributed by atoms with Crippen LogP contribution >= 0.6 is 15.9 Å². The van der Waals surface area contributed by atoms with Crippen molar-refractivity contribution in [2.24, 2.45) is 0 Å². The number of halogens is 13. The van der Waals surface area contributed by atoms with Gasteiger partial charge in [0, 0.05) is 4.47 Å². The van der Waals surface area contributed by atoms with Crippen LogP contribution in [0.15, 0.2) is 40.9 Å². The summed E-state index contributed by atoms with van der Waals surface area (Å²) in [6.07, 6.45) is -19.5.